The number of nitrogens with one attached hydrogen (secondary N) is 1. The number of amides is 1. The Morgan fingerprint density at radius 1 is 1.31 bits per heavy atom. The van der Waals surface area contributed by atoms with Crippen LogP contribution >= 0.6 is 22.9 Å². The van der Waals surface area contributed by atoms with Gasteiger partial charge in [0.05, 0.1) is 5.92 Å². The highest BCUT2D eigenvalue weighted by atomic mass is 35.5. The summed E-state index contributed by atoms with van der Waals surface area (Å²) >= 11 is 7.46. The molecule has 0 radical (unpaired) electrons. The summed E-state index contributed by atoms with van der Waals surface area (Å²) in [6.45, 7) is 4.01. The van der Waals surface area contributed by atoms with Crippen molar-refractivity contribution in [1.82, 2.24) is 20.5 Å². The minimum Gasteiger partial charge on any atom is -0.354 e. The molecule has 0 spiro atoms. The number of halogens is 1. The molecule has 0 bridgehead atoms. The van der Waals surface area contributed by atoms with Crippen molar-refractivity contribution >= 4 is 34.7 Å². The average molecular weight is 428 g/mol. The van der Waals surface area contributed by atoms with E-state index in [1.165, 1.54) is 0 Å². The summed E-state index contributed by atoms with van der Waals surface area (Å²) in [5, 5.41) is 14.6. The van der Waals surface area contributed by atoms with Crippen molar-refractivity contribution in [3.8, 4) is 10.6 Å². The highest BCUT2D eigenvalue weighted by Gasteiger charge is 2.26. The lowest BCUT2D eigenvalue weighted by Gasteiger charge is -2.32. The normalized spacial score (nSPS) is 16.6. The van der Waals surface area contributed by atoms with Gasteiger partial charge in [-0.05, 0) is 43.5 Å². The van der Waals surface area contributed by atoms with Gasteiger partial charge in [-0.2, -0.15) is 0 Å². The Bertz CT molecular complexity index is 991. The van der Waals surface area contributed by atoms with E-state index in [1.807, 2.05) is 30.5 Å². The van der Waals surface area contributed by atoms with Crippen molar-refractivity contribution in [1.29, 1.82) is 0 Å². The first-order valence-corrected chi connectivity index (χ1v) is 10.9. The summed E-state index contributed by atoms with van der Waals surface area (Å²) in [5.74, 6) is 0.775. The van der Waals surface area contributed by atoms with Crippen LogP contribution in [0.2, 0.25) is 5.15 Å². The molecule has 0 aliphatic carbocycles. The summed E-state index contributed by atoms with van der Waals surface area (Å²) in [6, 6.07) is 11.8. The van der Waals surface area contributed by atoms with Gasteiger partial charge >= 0.3 is 0 Å². The molecule has 1 unspecified atom stereocenters. The summed E-state index contributed by atoms with van der Waals surface area (Å²) in [6.07, 6.45) is 1.82. The first-order valence-electron chi connectivity index (χ1n) is 9.62. The molecule has 3 aromatic rings. The lowest BCUT2D eigenvalue weighted by molar-refractivity contribution is -0.125. The summed E-state index contributed by atoms with van der Waals surface area (Å²) < 4.78 is 0. The van der Waals surface area contributed by atoms with Gasteiger partial charge in [0.1, 0.15) is 5.01 Å². The van der Waals surface area contributed by atoms with Crippen molar-refractivity contribution in [3.63, 3.8) is 0 Å². The number of thiazole rings is 1. The van der Waals surface area contributed by atoms with Gasteiger partial charge in [0.15, 0.2) is 11.0 Å². The summed E-state index contributed by atoms with van der Waals surface area (Å²) in [4.78, 5) is 19.4. The number of aromatic nitrogens is 3. The molecule has 8 heteroatoms. The Morgan fingerprint density at radius 3 is 2.97 bits per heavy atom. The topological polar surface area (TPSA) is 71.0 Å². The van der Waals surface area contributed by atoms with Crippen LogP contribution in [0.25, 0.3) is 10.6 Å². The van der Waals surface area contributed by atoms with Crippen molar-refractivity contribution < 1.29 is 4.79 Å². The van der Waals surface area contributed by atoms with E-state index in [2.05, 4.69) is 37.5 Å². The zero-order valence-corrected chi connectivity index (χ0v) is 17.7. The van der Waals surface area contributed by atoms with E-state index in [1.54, 1.807) is 17.4 Å². The van der Waals surface area contributed by atoms with Crippen LogP contribution in [-0.4, -0.2) is 34.2 Å². The quantitative estimate of drug-likeness (QED) is 0.663. The highest BCUT2D eigenvalue weighted by molar-refractivity contribution is 7.13. The second-order valence-corrected chi connectivity index (χ2v) is 8.46. The lowest BCUT2D eigenvalue weighted by Crippen LogP contribution is -2.43. The van der Waals surface area contributed by atoms with Crippen LogP contribution in [-0.2, 0) is 11.3 Å². The molecule has 2 aromatic heterocycles. The Kier molecular flexibility index (Phi) is 6.06. The molecule has 1 saturated heterocycles. The van der Waals surface area contributed by atoms with Gasteiger partial charge in [-0.25, -0.2) is 4.98 Å². The number of piperidine rings is 1. The van der Waals surface area contributed by atoms with Gasteiger partial charge in [-0.3, -0.25) is 4.79 Å². The molecule has 1 N–H and O–H groups in total. The molecular formula is C21H22ClN5OS. The Labute approximate surface area is 179 Å². The van der Waals surface area contributed by atoms with Crippen molar-refractivity contribution in [2.24, 2.45) is 5.92 Å². The number of hydrogen-bond acceptors (Lipinski definition) is 6. The van der Waals surface area contributed by atoms with Crippen molar-refractivity contribution in [2.75, 3.05) is 18.0 Å². The SMILES string of the molecule is Cc1csc(-c2cccc(CNC(=O)C3CCCN(c4ccc(Cl)nn4)C3)c2)n1. The number of carbonyl (C=O) groups excluding carboxylic acids is 1. The number of hydrogen-bond donors (Lipinski definition) is 1. The molecule has 0 saturated carbocycles. The van der Waals surface area contributed by atoms with E-state index in [0.717, 1.165) is 47.0 Å². The van der Waals surface area contributed by atoms with E-state index < -0.39 is 0 Å². The molecule has 1 amide bonds. The number of anilines is 1. The molecule has 1 fully saturated rings. The van der Waals surface area contributed by atoms with Crippen LogP contribution in [0.3, 0.4) is 0 Å². The van der Waals surface area contributed by atoms with E-state index >= 15 is 0 Å². The number of aryl methyl sites for hydroxylation is 1. The monoisotopic (exact) mass is 427 g/mol. The largest absolute Gasteiger partial charge is 0.354 e. The Balaban J connectivity index is 1.36. The van der Waals surface area contributed by atoms with Gasteiger partial charge in [0.25, 0.3) is 0 Å². The second kappa shape index (κ2) is 8.88. The molecular weight excluding hydrogens is 406 g/mol. The fourth-order valence-electron chi connectivity index (χ4n) is 3.51. The molecule has 4 rings (SSSR count). The standard InChI is InChI=1S/C21H22ClN5OS/c1-14-13-29-21(24-14)16-5-2-4-15(10-16)11-23-20(28)17-6-3-9-27(12-17)19-8-7-18(22)25-26-19/h2,4-5,7-8,10,13,17H,3,6,9,11-12H2,1H3,(H,23,28). The zero-order valence-electron chi connectivity index (χ0n) is 16.1. The number of rotatable bonds is 5. The van der Waals surface area contributed by atoms with E-state index in [4.69, 9.17) is 11.6 Å². The maximum absolute atomic E-state index is 12.8. The van der Waals surface area contributed by atoms with Crippen LogP contribution in [0.1, 0.15) is 24.1 Å². The summed E-state index contributed by atoms with van der Waals surface area (Å²) in [5.41, 5.74) is 3.18. The van der Waals surface area contributed by atoms with Crippen LogP contribution in [0, 0.1) is 12.8 Å². The molecule has 1 atom stereocenters. The van der Waals surface area contributed by atoms with Gasteiger partial charge in [-0.15, -0.1) is 21.5 Å². The number of carbonyl (C=O) groups is 1. The van der Waals surface area contributed by atoms with Crippen LogP contribution in [0.4, 0.5) is 5.82 Å². The first-order chi connectivity index (χ1) is 14.1. The third-order valence-corrected chi connectivity index (χ3v) is 6.20. The Morgan fingerprint density at radius 2 is 2.21 bits per heavy atom. The van der Waals surface area contributed by atoms with E-state index in [0.29, 0.717) is 18.2 Å². The fraction of sp³-hybridized carbons (Fsp3) is 0.333. The summed E-state index contributed by atoms with van der Waals surface area (Å²) in [7, 11) is 0. The molecule has 1 aliphatic rings. The number of nitrogens with zero attached hydrogens (tertiary/aromatic N) is 4. The van der Waals surface area contributed by atoms with Crippen LogP contribution in [0.15, 0.2) is 41.8 Å². The third kappa shape index (κ3) is 4.92. The molecule has 3 heterocycles. The van der Waals surface area contributed by atoms with Gasteiger partial charge in [-0.1, -0.05) is 29.8 Å². The van der Waals surface area contributed by atoms with E-state index in [-0.39, 0.29) is 11.8 Å². The zero-order chi connectivity index (χ0) is 20.2. The minimum absolute atomic E-state index is 0.0639. The van der Waals surface area contributed by atoms with Crippen molar-refractivity contribution in [2.45, 2.75) is 26.3 Å². The predicted octanol–water partition coefficient (Wildman–Crippen LogP) is 4.09. The van der Waals surface area contributed by atoms with Gasteiger partial charge in [0.2, 0.25) is 5.91 Å². The minimum atomic E-state index is -0.0639. The maximum atomic E-state index is 12.8. The van der Waals surface area contributed by atoms with Crippen molar-refractivity contribution in [3.05, 3.63) is 58.2 Å². The lowest BCUT2D eigenvalue weighted by atomic mass is 9.97. The number of benzene rings is 1. The fourth-order valence-corrected chi connectivity index (χ4v) is 4.41. The molecule has 6 nitrogen and oxygen atoms in total. The van der Waals surface area contributed by atoms with Crippen LogP contribution in [0.5, 0.6) is 0 Å². The Hall–Kier alpha value is -2.51. The smallest absolute Gasteiger partial charge is 0.225 e. The molecule has 150 valence electrons. The molecule has 29 heavy (non-hydrogen) atoms. The second-order valence-electron chi connectivity index (χ2n) is 7.21. The average Bonchev–Trinajstić information content (AvgIpc) is 3.19. The van der Waals surface area contributed by atoms with Gasteiger partial charge in [0, 0.05) is 36.3 Å². The molecule has 1 aliphatic heterocycles. The van der Waals surface area contributed by atoms with Gasteiger partial charge < -0.3 is 10.2 Å². The van der Waals surface area contributed by atoms with E-state index in [9.17, 15) is 4.79 Å². The first kappa shape index (κ1) is 19.8. The van der Waals surface area contributed by atoms with Crippen LogP contribution < -0.4 is 10.2 Å². The molecule has 1 aromatic carbocycles. The maximum Gasteiger partial charge on any atom is 0.225 e. The third-order valence-electron chi connectivity index (χ3n) is 4.99. The highest BCUT2D eigenvalue weighted by Crippen LogP contribution is 2.25. The predicted molar refractivity (Wildman–Crippen MR) is 116 cm³/mol.